The van der Waals surface area contributed by atoms with E-state index in [1.165, 1.54) is 11.8 Å². The minimum Gasteiger partial charge on any atom is -0.461 e. The van der Waals surface area contributed by atoms with Crippen molar-refractivity contribution in [3.63, 3.8) is 0 Å². The van der Waals surface area contributed by atoms with Crippen LogP contribution in [0, 0.1) is 11.8 Å². The number of carbonyl (C=O) groups is 3. The van der Waals surface area contributed by atoms with Gasteiger partial charge < -0.3 is 19.6 Å². The van der Waals surface area contributed by atoms with Crippen molar-refractivity contribution in [3.8, 4) is 0 Å². The summed E-state index contributed by atoms with van der Waals surface area (Å²) in [5.41, 5.74) is 0.978. The van der Waals surface area contributed by atoms with Crippen molar-refractivity contribution in [1.29, 1.82) is 0 Å². The monoisotopic (exact) mass is 524 g/mol. The number of carbonyl (C=O) groups excluding carboxylic acids is 3. The van der Waals surface area contributed by atoms with Gasteiger partial charge in [0.2, 0.25) is 11.8 Å². The molecule has 0 aromatic heterocycles. The average Bonchev–Trinajstić information content (AvgIpc) is 3.16. The number of likely N-dealkylation sites (tertiary alicyclic amines) is 1. The van der Waals surface area contributed by atoms with Gasteiger partial charge in [0.1, 0.15) is 12.6 Å². The van der Waals surface area contributed by atoms with Crippen LogP contribution in [0.4, 0.5) is 0 Å². The number of hydrogen-bond acceptors (Lipinski definition) is 6. The molecule has 4 heterocycles. The van der Waals surface area contributed by atoms with Gasteiger partial charge in [-0.25, -0.2) is 0 Å². The minimum absolute atomic E-state index is 0.103. The number of aliphatic hydroxyl groups is 1. The predicted octanol–water partition coefficient (Wildman–Crippen LogP) is 2.98. The number of rotatable bonds is 8. The number of fused-ring (bicyclic) bond motifs is 2. The van der Waals surface area contributed by atoms with Crippen LogP contribution in [0.3, 0.4) is 0 Å². The van der Waals surface area contributed by atoms with Gasteiger partial charge in [-0.15, -0.1) is 11.8 Å². The third-order valence-electron chi connectivity index (χ3n) is 8.28. The summed E-state index contributed by atoms with van der Waals surface area (Å²) in [5, 5.41) is 10.5. The molecule has 1 aromatic rings. The van der Waals surface area contributed by atoms with Crippen LogP contribution in [-0.4, -0.2) is 80.6 Å². The molecular weight excluding hydrogens is 488 g/mol. The molecule has 2 saturated heterocycles. The maximum absolute atomic E-state index is 14.4. The molecule has 2 amide bonds. The standard InChI is InChI=1S/C29H36N2O5S/c1-3-4-8-15-30-16-9-14-29-22(23-27(35)36-17-10-13-28(23,2)37-29)25(33)31(24(29)26(30)34)21(19-32)18-20-11-6-5-7-12-20/h5-7,9-14,21-24,32H,3-4,8,15-19H2,1-2H3/t21-,22+,23+,24?,28-,29+/m1/s1. The number of amides is 2. The summed E-state index contributed by atoms with van der Waals surface area (Å²) in [6.45, 7) is 5.10. The van der Waals surface area contributed by atoms with Gasteiger partial charge in [-0.05, 0) is 31.4 Å². The molecule has 1 spiro atoms. The predicted molar refractivity (Wildman–Crippen MR) is 143 cm³/mol. The molecule has 8 heteroatoms. The highest BCUT2D eigenvalue weighted by Gasteiger charge is 2.74. The van der Waals surface area contributed by atoms with Gasteiger partial charge in [0, 0.05) is 17.8 Å². The van der Waals surface area contributed by atoms with E-state index in [2.05, 4.69) is 6.92 Å². The normalized spacial score (nSPS) is 33.5. The number of esters is 1. The Morgan fingerprint density at radius 1 is 1.08 bits per heavy atom. The van der Waals surface area contributed by atoms with E-state index in [1.807, 2.05) is 66.5 Å². The van der Waals surface area contributed by atoms with Crippen molar-refractivity contribution >= 4 is 29.5 Å². The van der Waals surface area contributed by atoms with Crippen molar-refractivity contribution in [2.45, 2.75) is 61.1 Å². The highest BCUT2D eigenvalue weighted by Crippen LogP contribution is 2.65. The summed E-state index contributed by atoms with van der Waals surface area (Å²) in [6.07, 6.45) is 11.2. The Kier molecular flexibility index (Phi) is 7.24. The molecule has 198 valence electrons. The third kappa shape index (κ3) is 4.32. The molecule has 4 aliphatic heterocycles. The molecule has 0 bridgehead atoms. The Morgan fingerprint density at radius 3 is 2.59 bits per heavy atom. The van der Waals surface area contributed by atoms with E-state index in [9.17, 15) is 19.5 Å². The average molecular weight is 525 g/mol. The van der Waals surface area contributed by atoms with Crippen LogP contribution in [0.25, 0.3) is 0 Å². The lowest BCUT2D eigenvalue weighted by molar-refractivity contribution is -0.153. The van der Waals surface area contributed by atoms with E-state index in [-0.39, 0.29) is 25.0 Å². The Bertz CT molecular complexity index is 1110. The molecule has 6 atom stereocenters. The van der Waals surface area contributed by atoms with Crippen molar-refractivity contribution < 1.29 is 24.2 Å². The first kappa shape index (κ1) is 26.0. The van der Waals surface area contributed by atoms with E-state index >= 15 is 0 Å². The van der Waals surface area contributed by atoms with Gasteiger partial charge >= 0.3 is 5.97 Å². The fourth-order valence-corrected chi connectivity index (χ4v) is 8.77. The van der Waals surface area contributed by atoms with Crippen molar-refractivity contribution in [2.75, 3.05) is 26.3 Å². The Hall–Kier alpha value is -2.58. The molecule has 1 aromatic carbocycles. The number of thioether (sulfide) groups is 1. The topological polar surface area (TPSA) is 87.2 Å². The van der Waals surface area contributed by atoms with Crippen LogP contribution in [0.2, 0.25) is 0 Å². The number of benzene rings is 1. The largest absolute Gasteiger partial charge is 0.461 e. The second-order valence-corrected chi connectivity index (χ2v) is 12.5. The molecule has 0 aliphatic carbocycles. The smallest absolute Gasteiger partial charge is 0.311 e. The van der Waals surface area contributed by atoms with Gasteiger partial charge in [-0.3, -0.25) is 14.4 Å². The molecule has 1 N–H and O–H groups in total. The second kappa shape index (κ2) is 10.3. The van der Waals surface area contributed by atoms with Crippen LogP contribution < -0.4 is 0 Å². The second-order valence-electron chi connectivity index (χ2n) is 10.7. The van der Waals surface area contributed by atoms with Crippen molar-refractivity contribution in [1.82, 2.24) is 9.80 Å². The van der Waals surface area contributed by atoms with Crippen LogP contribution >= 0.6 is 11.8 Å². The van der Waals surface area contributed by atoms with Crippen molar-refractivity contribution in [2.24, 2.45) is 11.8 Å². The van der Waals surface area contributed by atoms with Crippen LogP contribution in [0.5, 0.6) is 0 Å². The molecule has 1 unspecified atom stereocenters. The first-order chi connectivity index (χ1) is 17.9. The number of aliphatic hydroxyl groups excluding tert-OH is 1. The maximum Gasteiger partial charge on any atom is 0.311 e. The fourth-order valence-electron chi connectivity index (χ4n) is 6.63. The van der Waals surface area contributed by atoms with E-state index in [4.69, 9.17) is 4.74 Å². The van der Waals surface area contributed by atoms with E-state index in [1.54, 1.807) is 4.90 Å². The molecule has 0 radical (unpaired) electrons. The zero-order valence-electron chi connectivity index (χ0n) is 21.5. The summed E-state index contributed by atoms with van der Waals surface area (Å²) in [4.78, 5) is 45.4. The summed E-state index contributed by atoms with van der Waals surface area (Å²) < 4.78 is 3.91. The lowest BCUT2D eigenvalue weighted by atomic mass is 9.75. The van der Waals surface area contributed by atoms with E-state index < -0.39 is 39.4 Å². The van der Waals surface area contributed by atoms with Gasteiger partial charge in [0.15, 0.2) is 0 Å². The lowest BCUT2D eigenvalue weighted by Gasteiger charge is -2.39. The Labute approximate surface area is 222 Å². The van der Waals surface area contributed by atoms with Gasteiger partial charge in [0.05, 0.1) is 29.2 Å². The number of cyclic esters (lactones) is 1. The summed E-state index contributed by atoms with van der Waals surface area (Å²) in [5.74, 6) is -2.21. The van der Waals surface area contributed by atoms with Gasteiger partial charge in [0.25, 0.3) is 0 Å². The number of hydrogen-bond donors (Lipinski definition) is 1. The summed E-state index contributed by atoms with van der Waals surface area (Å²) in [7, 11) is 0. The van der Waals surface area contributed by atoms with Gasteiger partial charge in [-0.1, -0.05) is 68.3 Å². The third-order valence-corrected chi connectivity index (χ3v) is 10.1. The number of unbranched alkanes of at least 4 members (excludes halogenated alkanes) is 2. The van der Waals surface area contributed by atoms with Crippen molar-refractivity contribution in [3.05, 3.63) is 60.2 Å². The zero-order chi connectivity index (χ0) is 26.2. The molecule has 5 rings (SSSR count). The zero-order valence-corrected chi connectivity index (χ0v) is 22.4. The summed E-state index contributed by atoms with van der Waals surface area (Å²) in [6, 6.07) is 8.32. The Morgan fingerprint density at radius 2 is 1.86 bits per heavy atom. The van der Waals surface area contributed by atoms with Gasteiger partial charge in [-0.2, -0.15) is 0 Å². The molecule has 4 aliphatic rings. The highest BCUT2D eigenvalue weighted by molar-refractivity contribution is 8.02. The minimum atomic E-state index is -0.919. The lowest BCUT2D eigenvalue weighted by Crippen LogP contribution is -2.57. The van der Waals surface area contributed by atoms with Crippen LogP contribution in [0.15, 0.2) is 54.6 Å². The molecule has 2 fully saturated rings. The fraction of sp³-hybridized carbons (Fsp3) is 0.552. The SMILES string of the molecule is CCCCCN1CC=C[C@]23S[C@]4(C)C=CCOC(=O)[C@@H]4[C@H]2C(=O)N([C@@H](CO)Cc2ccccc2)C3C1=O. The van der Waals surface area contributed by atoms with Crippen LogP contribution in [0.1, 0.15) is 38.7 Å². The molecule has 7 nitrogen and oxygen atoms in total. The van der Waals surface area contributed by atoms with Crippen LogP contribution in [-0.2, 0) is 25.5 Å². The maximum atomic E-state index is 14.4. The molecule has 37 heavy (non-hydrogen) atoms. The van der Waals surface area contributed by atoms with E-state index in [0.29, 0.717) is 19.5 Å². The first-order valence-corrected chi connectivity index (χ1v) is 14.2. The highest BCUT2D eigenvalue weighted by atomic mass is 32.2. The number of nitrogens with zero attached hydrogens (tertiary/aromatic N) is 2. The quantitative estimate of drug-likeness (QED) is 0.320. The summed E-state index contributed by atoms with van der Waals surface area (Å²) >= 11 is 1.54. The Balaban J connectivity index is 1.60. The van der Waals surface area contributed by atoms with E-state index in [0.717, 1.165) is 24.8 Å². The number of ether oxygens (including phenoxy) is 1. The first-order valence-electron chi connectivity index (χ1n) is 13.3. The molecular formula is C29H36N2O5S. The molecule has 0 saturated carbocycles.